The molecule has 21 heavy (non-hydrogen) atoms. The van der Waals surface area contributed by atoms with Gasteiger partial charge < -0.3 is 10.2 Å². The minimum Gasteiger partial charge on any atom is -0.341 e. The highest BCUT2D eigenvalue weighted by Crippen LogP contribution is 2.21. The van der Waals surface area contributed by atoms with Gasteiger partial charge in [0.05, 0.1) is 5.75 Å². The van der Waals surface area contributed by atoms with E-state index in [2.05, 4.69) is 5.32 Å². The lowest BCUT2D eigenvalue weighted by Gasteiger charge is -2.25. The molecule has 1 N–H and O–H groups in total. The molecule has 1 aliphatic heterocycles. The summed E-state index contributed by atoms with van der Waals surface area (Å²) in [6.07, 6.45) is 0.948. The predicted molar refractivity (Wildman–Crippen MR) is 82.3 cm³/mol. The minimum atomic E-state index is -0.106. The monoisotopic (exact) mass is 306 g/mol. The van der Waals surface area contributed by atoms with Crippen molar-refractivity contribution in [3.63, 3.8) is 0 Å². The maximum atomic E-state index is 12.0. The molecule has 0 bridgehead atoms. The van der Waals surface area contributed by atoms with E-state index in [0.717, 1.165) is 10.6 Å². The van der Waals surface area contributed by atoms with E-state index in [-0.39, 0.29) is 17.6 Å². The number of thioether (sulfide) groups is 1. The number of rotatable bonds is 4. The molecule has 0 aliphatic carbocycles. The second-order valence-electron chi connectivity index (χ2n) is 4.91. The van der Waals surface area contributed by atoms with Crippen molar-refractivity contribution in [3.05, 3.63) is 24.3 Å². The molecule has 0 saturated carbocycles. The standard InChI is InChI=1S/C15H18N2O3S/c1-11(18)16-12-2-4-14(5-3-12)21-10-15(20)17-8-6-13(19)7-9-17/h2-5H,6-10H2,1H3,(H,16,18). The second kappa shape index (κ2) is 7.26. The fourth-order valence-corrected chi connectivity index (χ4v) is 2.88. The van der Waals surface area contributed by atoms with Gasteiger partial charge in [-0.3, -0.25) is 14.4 Å². The van der Waals surface area contributed by atoms with Crippen molar-refractivity contribution >= 4 is 35.0 Å². The molecule has 112 valence electrons. The van der Waals surface area contributed by atoms with Crippen molar-refractivity contribution < 1.29 is 14.4 Å². The van der Waals surface area contributed by atoms with Gasteiger partial charge in [-0.1, -0.05) is 0 Å². The number of ketones is 1. The second-order valence-corrected chi connectivity index (χ2v) is 5.96. The van der Waals surface area contributed by atoms with Crippen LogP contribution in [0.2, 0.25) is 0 Å². The highest BCUT2D eigenvalue weighted by Gasteiger charge is 2.20. The number of hydrogen-bond donors (Lipinski definition) is 1. The number of likely N-dealkylation sites (tertiary alicyclic amines) is 1. The highest BCUT2D eigenvalue weighted by molar-refractivity contribution is 8.00. The summed E-state index contributed by atoms with van der Waals surface area (Å²) in [5, 5.41) is 2.70. The van der Waals surface area contributed by atoms with Gasteiger partial charge in [-0.15, -0.1) is 11.8 Å². The van der Waals surface area contributed by atoms with Gasteiger partial charge in [-0.25, -0.2) is 0 Å². The van der Waals surface area contributed by atoms with Crippen molar-refractivity contribution in [2.45, 2.75) is 24.7 Å². The topological polar surface area (TPSA) is 66.5 Å². The molecule has 5 nitrogen and oxygen atoms in total. The molecule has 1 heterocycles. The number of carbonyl (C=O) groups excluding carboxylic acids is 3. The zero-order valence-corrected chi connectivity index (χ0v) is 12.7. The van der Waals surface area contributed by atoms with Crippen molar-refractivity contribution in [3.8, 4) is 0 Å². The Morgan fingerprint density at radius 1 is 1.19 bits per heavy atom. The molecule has 2 amide bonds. The molecule has 1 saturated heterocycles. The lowest BCUT2D eigenvalue weighted by atomic mass is 10.1. The molecule has 6 heteroatoms. The Morgan fingerprint density at radius 3 is 2.38 bits per heavy atom. The molecule has 2 rings (SSSR count). The summed E-state index contributed by atoms with van der Waals surface area (Å²) in [5.41, 5.74) is 0.743. The van der Waals surface area contributed by atoms with Gasteiger partial charge in [0.15, 0.2) is 0 Å². The SMILES string of the molecule is CC(=O)Nc1ccc(SCC(=O)N2CCC(=O)CC2)cc1. The molecule has 0 radical (unpaired) electrons. The van der Waals surface area contributed by atoms with E-state index in [1.54, 1.807) is 4.90 Å². The van der Waals surface area contributed by atoms with E-state index in [9.17, 15) is 14.4 Å². The van der Waals surface area contributed by atoms with E-state index in [0.29, 0.717) is 31.7 Å². The molecular weight excluding hydrogens is 288 g/mol. The smallest absolute Gasteiger partial charge is 0.232 e. The Morgan fingerprint density at radius 2 is 1.81 bits per heavy atom. The average Bonchev–Trinajstić information content (AvgIpc) is 2.46. The van der Waals surface area contributed by atoms with Crippen LogP contribution in [0.4, 0.5) is 5.69 Å². The largest absolute Gasteiger partial charge is 0.341 e. The third-order valence-electron chi connectivity index (χ3n) is 3.21. The summed E-state index contributed by atoms with van der Waals surface area (Å²) in [4.78, 5) is 36.8. The van der Waals surface area contributed by atoms with Gasteiger partial charge in [0, 0.05) is 43.4 Å². The fraction of sp³-hybridized carbons (Fsp3) is 0.400. The maximum absolute atomic E-state index is 12.0. The zero-order chi connectivity index (χ0) is 15.2. The first-order valence-electron chi connectivity index (χ1n) is 6.84. The normalized spacial score (nSPS) is 14.9. The summed E-state index contributed by atoms with van der Waals surface area (Å²) in [6.45, 7) is 2.55. The van der Waals surface area contributed by atoms with Crippen molar-refractivity contribution in [1.82, 2.24) is 4.90 Å². The van der Waals surface area contributed by atoms with Gasteiger partial charge >= 0.3 is 0 Å². The number of benzene rings is 1. The van der Waals surface area contributed by atoms with Gasteiger partial charge in [-0.05, 0) is 24.3 Å². The molecule has 1 aromatic carbocycles. The molecule has 1 aliphatic rings. The fourth-order valence-electron chi connectivity index (χ4n) is 2.08. The average molecular weight is 306 g/mol. The summed E-state index contributed by atoms with van der Waals surface area (Å²) >= 11 is 1.46. The van der Waals surface area contributed by atoms with Gasteiger partial charge in [0.2, 0.25) is 11.8 Å². The number of carbonyl (C=O) groups is 3. The molecule has 0 aromatic heterocycles. The first-order chi connectivity index (χ1) is 10.0. The quantitative estimate of drug-likeness (QED) is 0.863. The Balaban J connectivity index is 1.81. The maximum Gasteiger partial charge on any atom is 0.232 e. The highest BCUT2D eigenvalue weighted by atomic mass is 32.2. The van der Waals surface area contributed by atoms with Crippen LogP contribution in [0, 0.1) is 0 Å². The Hall–Kier alpha value is -1.82. The summed E-state index contributed by atoms with van der Waals surface area (Å²) < 4.78 is 0. The van der Waals surface area contributed by atoms with Crippen LogP contribution in [0.5, 0.6) is 0 Å². The third-order valence-corrected chi connectivity index (χ3v) is 4.21. The van der Waals surface area contributed by atoms with Crippen LogP contribution in [-0.2, 0) is 14.4 Å². The van der Waals surface area contributed by atoms with Crippen LogP contribution in [0.25, 0.3) is 0 Å². The van der Waals surface area contributed by atoms with Crippen molar-refractivity contribution in [2.75, 3.05) is 24.2 Å². The summed E-state index contributed by atoms with van der Waals surface area (Å²) in [7, 11) is 0. The van der Waals surface area contributed by atoms with E-state index < -0.39 is 0 Å². The number of anilines is 1. The number of Topliss-reactive ketones (excluding diaryl/α,β-unsaturated/α-hetero) is 1. The Labute approximate surface area is 128 Å². The van der Waals surface area contributed by atoms with Crippen LogP contribution in [0.15, 0.2) is 29.2 Å². The lowest BCUT2D eigenvalue weighted by Crippen LogP contribution is -2.39. The molecule has 1 fully saturated rings. The minimum absolute atomic E-state index is 0.0680. The Bertz CT molecular complexity index is 532. The summed E-state index contributed by atoms with van der Waals surface area (Å²) in [6, 6.07) is 7.38. The van der Waals surface area contributed by atoms with Crippen LogP contribution in [-0.4, -0.2) is 41.3 Å². The lowest BCUT2D eigenvalue weighted by molar-refractivity contribution is -0.132. The van der Waals surface area contributed by atoms with E-state index >= 15 is 0 Å². The van der Waals surface area contributed by atoms with Crippen LogP contribution >= 0.6 is 11.8 Å². The molecule has 0 unspecified atom stereocenters. The van der Waals surface area contributed by atoms with Crippen LogP contribution in [0.1, 0.15) is 19.8 Å². The van der Waals surface area contributed by atoms with E-state index in [1.807, 2.05) is 24.3 Å². The number of amides is 2. The molecule has 0 atom stereocenters. The number of hydrogen-bond acceptors (Lipinski definition) is 4. The van der Waals surface area contributed by atoms with E-state index in [4.69, 9.17) is 0 Å². The van der Waals surface area contributed by atoms with Gasteiger partial charge in [0.25, 0.3) is 0 Å². The number of nitrogens with zero attached hydrogens (tertiary/aromatic N) is 1. The number of piperidine rings is 1. The predicted octanol–water partition coefficient (Wildman–Crippen LogP) is 1.93. The summed E-state index contributed by atoms with van der Waals surface area (Å²) in [5.74, 6) is 0.567. The molecule has 0 spiro atoms. The van der Waals surface area contributed by atoms with Crippen LogP contribution < -0.4 is 5.32 Å². The first-order valence-corrected chi connectivity index (χ1v) is 7.83. The van der Waals surface area contributed by atoms with E-state index in [1.165, 1.54) is 18.7 Å². The van der Waals surface area contributed by atoms with Crippen molar-refractivity contribution in [2.24, 2.45) is 0 Å². The first kappa shape index (κ1) is 15.6. The number of nitrogens with one attached hydrogen (secondary N) is 1. The third kappa shape index (κ3) is 4.90. The van der Waals surface area contributed by atoms with Gasteiger partial charge in [-0.2, -0.15) is 0 Å². The van der Waals surface area contributed by atoms with Crippen LogP contribution in [0.3, 0.4) is 0 Å². The molecular formula is C15H18N2O3S. The molecule has 1 aromatic rings. The van der Waals surface area contributed by atoms with Crippen molar-refractivity contribution in [1.29, 1.82) is 0 Å². The zero-order valence-electron chi connectivity index (χ0n) is 11.9. The Kier molecular flexibility index (Phi) is 5.38. The van der Waals surface area contributed by atoms with Gasteiger partial charge in [0.1, 0.15) is 5.78 Å².